The lowest BCUT2D eigenvalue weighted by atomic mass is 10.0. The topological polar surface area (TPSA) is 123 Å². The van der Waals surface area contributed by atoms with Crippen LogP contribution in [0.3, 0.4) is 0 Å². The van der Waals surface area contributed by atoms with Crippen LogP contribution in [-0.2, 0) is 13.0 Å². The number of carbonyl (C=O) groups is 1. The molecule has 3 aromatic heterocycles. The number of aromatic nitrogens is 4. The number of nitrogens with one attached hydrogen (secondary N) is 3. The summed E-state index contributed by atoms with van der Waals surface area (Å²) < 4.78 is 22.0. The molecule has 4 heterocycles. The van der Waals surface area contributed by atoms with Crippen molar-refractivity contribution in [3.05, 3.63) is 71.6 Å². The summed E-state index contributed by atoms with van der Waals surface area (Å²) >= 11 is 0. The number of hydrogen-bond acceptors (Lipinski definition) is 6. The molecule has 4 aromatic rings. The van der Waals surface area contributed by atoms with Crippen LogP contribution in [0.5, 0.6) is 5.75 Å². The molecule has 9 nitrogen and oxygen atoms in total. The third-order valence-corrected chi connectivity index (χ3v) is 5.82. The lowest BCUT2D eigenvalue weighted by molar-refractivity contribution is 0.0947. The Labute approximate surface area is 195 Å². The van der Waals surface area contributed by atoms with Gasteiger partial charge < -0.3 is 26.1 Å². The van der Waals surface area contributed by atoms with Crippen LogP contribution >= 0.6 is 0 Å². The number of hydrogen-bond donors (Lipinski definition) is 4. The Morgan fingerprint density at radius 2 is 2.15 bits per heavy atom. The van der Waals surface area contributed by atoms with Gasteiger partial charge in [0.05, 0.1) is 23.5 Å². The number of amides is 1. The zero-order chi connectivity index (χ0) is 23.7. The molecule has 0 fully saturated rings. The van der Waals surface area contributed by atoms with Crippen LogP contribution in [0.15, 0.2) is 48.9 Å². The van der Waals surface area contributed by atoms with Gasteiger partial charge in [0.1, 0.15) is 12.4 Å². The van der Waals surface area contributed by atoms with E-state index in [1.165, 1.54) is 6.07 Å². The third-order valence-electron chi connectivity index (χ3n) is 5.82. The number of halogens is 1. The highest BCUT2D eigenvalue weighted by molar-refractivity contribution is 6.06. The first-order valence-electron chi connectivity index (χ1n) is 10.9. The molecule has 0 radical (unpaired) electrons. The highest BCUT2D eigenvalue weighted by atomic mass is 19.1. The second kappa shape index (κ2) is 8.89. The van der Waals surface area contributed by atoms with Crippen molar-refractivity contribution >= 4 is 23.1 Å². The largest absolute Gasteiger partial charge is 0.487 e. The predicted octanol–water partition coefficient (Wildman–Crippen LogP) is 3.41. The quantitative estimate of drug-likeness (QED) is 0.335. The number of nitrogens with two attached hydrogens (primary N) is 1. The van der Waals surface area contributed by atoms with Crippen LogP contribution in [0.1, 0.15) is 21.6 Å². The van der Waals surface area contributed by atoms with Gasteiger partial charge >= 0.3 is 0 Å². The average molecular weight is 462 g/mol. The van der Waals surface area contributed by atoms with Crippen molar-refractivity contribution in [2.24, 2.45) is 0 Å². The minimum atomic E-state index is -0.337. The molecule has 1 aliphatic heterocycles. The molecule has 0 saturated carbocycles. The van der Waals surface area contributed by atoms with Gasteiger partial charge in [0.15, 0.2) is 11.6 Å². The third kappa shape index (κ3) is 3.94. The normalized spacial score (nSPS) is 12.8. The van der Waals surface area contributed by atoms with Gasteiger partial charge in [0.2, 0.25) is 0 Å². The van der Waals surface area contributed by atoms with Crippen molar-refractivity contribution in [3.63, 3.8) is 0 Å². The van der Waals surface area contributed by atoms with Crippen molar-refractivity contribution in [2.45, 2.75) is 19.9 Å². The van der Waals surface area contributed by atoms with E-state index in [4.69, 9.17) is 10.5 Å². The number of pyridine rings is 1. The summed E-state index contributed by atoms with van der Waals surface area (Å²) in [5, 5.41) is 10.3. The van der Waals surface area contributed by atoms with Crippen molar-refractivity contribution in [2.75, 3.05) is 24.2 Å². The standard InChI is InChI=1S/C24H24FN7O2/c1-14-16(25)4-2-5-17(14)30-21-19-18(7-10-28-24(19)33)31-20(21)15-6-9-27-23(26)22(15)34-13-12-32-11-3-8-29-32/h2-6,8-9,11,30-31H,7,10,12-13H2,1H3,(H2,26,27)(H,28,33). The van der Waals surface area contributed by atoms with Gasteiger partial charge in [-0.25, -0.2) is 9.37 Å². The average Bonchev–Trinajstić information content (AvgIpc) is 3.47. The molecule has 1 aromatic carbocycles. The van der Waals surface area contributed by atoms with Crippen molar-refractivity contribution < 1.29 is 13.9 Å². The Morgan fingerprint density at radius 1 is 1.26 bits per heavy atom. The summed E-state index contributed by atoms with van der Waals surface area (Å²) in [6, 6.07) is 8.40. The van der Waals surface area contributed by atoms with E-state index >= 15 is 0 Å². The highest BCUT2D eigenvalue weighted by Gasteiger charge is 2.29. The number of rotatable bonds is 7. The van der Waals surface area contributed by atoms with E-state index in [2.05, 4.69) is 25.7 Å². The van der Waals surface area contributed by atoms with Gasteiger partial charge in [-0.15, -0.1) is 0 Å². The van der Waals surface area contributed by atoms with Crippen LogP contribution < -0.4 is 21.1 Å². The number of nitrogens with zero attached hydrogens (tertiary/aromatic N) is 3. The van der Waals surface area contributed by atoms with Gasteiger partial charge in [-0.2, -0.15) is 5.10 Å². The summed E-state index contributed by atoms with van der Waals surface area (Å²) in [7, 11) is 0. The summed E-state index contributed by atoms with van der Waals surface area (Å²) in [5.74, 6) is 0.0789. The fraction of sp³-hybridized carbons (Fsp3) is 0.208. The molecule has 1 amide bonds. The molecule has 34 heavy (non-hydrogen) atoms. The molecule has 0 unspecified atom stereocenters. The minimum Gasteiger partial charge on any atom is -0.487 e. The second-order valence-corrected chi connectivity index (χ2v) is 7.96. The number of carbonyl (C=O) groups excluding carboxylic acids is 1. The molecule has 10 heteroatoms. The lowest BCUT2D eigenvalue weighted by Gasteiger charge is -2.17. The molecule has 0 bridgehead atoms. The highest BCUT2D eigenvalue weighted by Crippen LogP contribution is 2.42. The van der Waals surface area contributed by atoms with Crippen LogP contribution in [-0.4, -0.2) is 38.8 Å². The van der Waals surface area contributed by atoms with E-state index in [1.807, 2.05) is 12.3 Å². The summed E-state index contributed by atoms with van der Waals surface area (Å²) in [6.45, 7) is 3.05. The Morgan fingerprint density at radius 3 is 2.97 bits per heavy atom. The van der Waals surface area contributed by atoms with E-state index in [-0.39, 0.29) is 17.5 Å². The molecule has 5 N–H and O–H groups in total. The van der Waals surface area contributed by atoms with E-state index < -0.39 is 0 Å². The van der Waals surface area contributed by atoms with Crippen LogP contribution in [0.25, 0.3) is 11.3 Å². The summed E-state index contributed by atoms with van der Waals surface area (Å²) in [6.07, 6.45) is 5.76. The van der Waals surface area contributed by atoms with Crippen LogP contribution in [0.2, 0.25) is 0 Å². The van der Waals surface area contributed by atoms with Crippen molar-refractivity contribution in [3.8, 4) is 17.0 Å². The molecular weight excluding hydrogens is 437 g/mol. The SMILES string of the molecule is Cc1c(F)cccc1Nc1c(-c2ccnc(N)c2OCCn2cccn2)[nH]c2c1C(=O)NCC2. The van der Waals surface area contributed by atoms with Gasteiger partial charge in [-0.1, -0.05) is 6.07 Å². The number of H-pyrrole nitrogens is 1. The maximum atomic E-state index is 14.2. The lowest BCUT2D eigenvalue weighted by Crippen LogP contribution is -2.31. The fourth-order valence-corrected chi connectivity index (χ4v) is 4.07. The Bertz CT molecular complexity index is 1350. The van der Waals surface area contributed by atoms with Crippen LogP contribution in [0.4, 0.5) is 21.6 Å². The zero-order valence-electron chi connectivity index (χ0n) is 18.6. The summed E-state index contributed by atoms with van der Waals surface area (Å²) in [4.78, 5) is 20.4. The zero-order valence-corrected chi connectivity index (χ0v) is 18.6. The molecule has 0 spiro atoms. The number of nitrogen functional groups attached to an aromatic ring is 1. The van der Waals surface area contributed by atoms with Crippen molar-refractivity contribution in [1.82, 2.24) is 25.1 Å². The number of ether oxygens (including phenoxy) is 1. The molecular formula is C24H24FN7O2. The molecule has 5 rings (SSSR count). The molecule has 0 saturated heterocycles. The number of aromatic amines is 1. The number of anilines is 3. The van der Waals surface area contributed by atoms with Crippen molar-refractivity contribution in [1.29, 1.82) is 0 Å². The first kappa shape index (κ1) is 21.5. The predicted molar refractivity (Wildman–Crippen MR) is 127 cm³/mol. The minimum absolute atomic E-state index is 0.205. The van der Waals surface area contributed by atoms with Gasteiger partial charge in [-0.05, 0) is 31.2 Å². The Hall–Kier alpha value is -4.34. The van der Waals surface area contributed by atoms with Crippen LogP contribution in [0, 0.1) is 12.7 Å². The second-order valence-electron chi connectivity index (χ2n) is 7.96. The Kier molecular flexibility index (Phi) is 5.62. The number of benzene rings is 1. The smallest absolute Gasteiger partial charge is 0.255 e. The van der Waals surface area contributed by atoms with E-state index in [9.17, 15) is 9.18 Å². The first-order valence-corrected chi connectivity index (χ1v) is 10.9. The first-order chi connectivity index (χ1) is 16.5. The fourth-order valence-electron chi connectivity index (χ4n) is 4.07. The molecule has 0 atom stereocenters. The summed E-state index contributed by atoms with van der Waals surface area (Å²) in [5.41, 5.74) is 10.3. The molecule has 174 valence electrons. The maximum Gasteiger partial charge on any atom is 0.255 e. The van der Waals surface area contributed by atoms with E-state index in [0.29, 0.717) is 65.6 Å². The monoisotopic (exact) mass is 461 g/mol. The molecule has 0 aliphatic carbocycles. The van der Waals surface area contributed by atoms with E-state index in [0.717, 1.165) is 5.69 Å². The van der Waals surface area contributed by atoms with Gasteiger partial charge in [0.25, 0.3) is 5.91 Å². The van der Waals surface area contributed by atoms with Gasteiger partial charge in [0, 0.05) is 54.1 Å². The Balaban J connectivity index is 1.58. The maximum absolute atomic E-state index is 14.2. The van der Waals surface area contributed by atoms with E-state index in [1.54, 1.807) is 42.2 Å². The van der Waals surface area contributed by atoms with Gasteiger partial charge in [-0.3, -0.25) is 9.48 Å². The molecule has 1 aliphatic rings. The number of fused-ring (bicyclic) bond motifs is 1.